The second kappa shape index (κ2) is 7.17. The quantitative estimate of drug-likeness (QED) is 0.618. The lowest BCUT2D eigenvalue weighted by Crippen LogP contribution is -2.15. The molecule has 2 aromatic heterocycles. The van der Waals surface area contributed by atoms with Crippen molar-refractivity contribution in [3.8, 4) is 0 Å². The van der Waals surface area contributed by atoms with Crippen molar-refractivity contribution in [2.45, 2.75) is 32.2 Å². The molecule has 1 aromatic carbocycles. The average molecular weight is 371 g/mol. The predicted octanol–water partition coefficient (Wildman–Crippen LogP) is 3.14. The molecule has 3 N–H and O–H groups in total. The number of hydrogen-bond acceptors (Lipinski definition) is 5. The topological polar surface area (TPSA) is 99.8 Å². The summed E-state index contributed by atoms with van der Waals surface area (Å²) < 4.78 is 27.6. The molecule has 0 aliphatic carbocycles. The zero-order valence-electron chi connectivity index (χ0n) is 14.9. The monoisotopic (exact) mass is 371 g/mol. The molecule has 8 heteroatoms. The molecule has 0 spiro atoms. The average Bonchev–Trinajstić information content (AvgIpc) is 2.94. The van der Waals surface area contributed by atoms with Crippen molar-refractivity contribution >= 4 is 21.5 Å². The highest BCUT2D eigenvalue weighted by molar-refractivity contribution is 7.92. The number of aromatic amines is 1. The van der Waals surface area contributed by atoms with Gasteiger partial charge in [-0.05, 0) is 44.0 Å². The van der Waals surface area contributed by atoms with E-state index in [4.69, 9.17) is 0 Å². The van der Waals surface area contributed by atoms with Crippen molar-refractivity contribution in [2.75, 3.05) is 10.0 Å². The summed E-state index contributed by atoms with van der Waals surface area (Å²) in [5.41, 5.74) is 3.71. The van der Waals surface area contributed by atoms with E-state index in [1.807, 2.05) is 12.1 Å². The fourth-order valence-electron chi connectivity index (χ4n) is 2.70. The van der Waals surface area contributed by atoms with Crippen LogP contribution in [-0.4, -0.2) is 23.6 Å². The van der Waals surface area contributed by atoms with Gasteiger partial charge >= 0.3 is 0 Å². The van der Waals surface area contributed by atoms with Gasteiger partial charge in [0.1, 0.15) is 10.7 Å². The first-order valence-corrected chi connectivity index (χ1v) is 9.64. The first-order valence-electron chi connectivity index (χ1n) is 8.15. The molecule has 0 saturated heterocycles. The minimum atomic E-state index is -3.71. The lowest BCUT2D eigenvalue weighted by molar-refractivity contribution is 0.600. The van der Waals surface area contributed by atoms with E-state index < -0.39 is 10.0 Å². The summed E-state index contributed by atoms with van der Waals surface area (Å²) in [5.74, 6) is 0.673. The Morgan fingerprint density at radius 1 is 1.08 bits per heavy atom. The van der Waals surface area contributed by atoms with Crippen LogP contribution in [0.1, 0.15) is 22.5 Å². The Hall–Kier alpha value is -2.87. The number of rotatable bonds is 6. The summed E-state index contributed by atoms with van der Waals surface area (Å²) in [6, 6.07) is 11.5. The van der Waals surface area contributed by atoms with Crippen molar-refractivity contribution in [1.29, 1.82) is 0 Å². The summed E-state index contributed by atoms with van der Waals surface area (Å²) in [4.78, 5) is 4.44. The highest BCUT2D eigenvalue weighted by Gasteiger charge is 2.22. The van der Waals surface area contributed by atoms with Crippen molar-refractivity contribution in [3.63, 3.8) is 0 Å². The fourth-order valence-corrected chi connectivity index (χ4v) is 4.11. The molecule has 0 radical (unpaired) electrons. The third-order valence-electron chi connectivity index (χ3n) is 4.07. The van der Waals surface area contributed by atoms with E-state index in [0.717, 1.165) is 0 Å². The number of pyridine rings is 1. The van der Waals surface area contributed by atoms with Crippen LogP contribution in [0.25, 0.3) is 0 Å². The Bertz CT molecular complexity index is 991. The standard InChI is InChI=1S/C18H21N5O2S/c1-12-6-4-5-7-15(12)10-19-17-9-8-16(11-20-17)23-26(24,25)18-13(2)21-22-14(18)3/h4-9,11,23H,10H2,1-3H3,(H,19,20)(H,21,22). The highest BCUT2D eigenvalue weighted by atomic mass is 32.2. The zero-order chi connectivity index (χ0) is 18.7. The third kappa shape index (κ3) is 3.85. The van der Waals surface area contributed by atoms with E-state index in [9.17, 15) is 8.42 Å². The number of nitrogens with one attached hydrogen (secondary N) is 3. The fraction of sp³-hybridized carbons (Fsp3) is 0.222. The minimum absolute atomic E-state index is 0.166. The molecule has 0 bridgehead atoms. The van der Waals surface area contributed by atoms with E-state index in [0.29, 0.717) is 29.4 Å². The summed E-state index contributed by atoms with van der Waals surface area (Å²) in [6.45, 7) is 6.03. The maximum Gasteiger partial charge on any atom is 0.265 e. The first-order chi connectivity index (χ1) is 12.4. The summed E-state index contributed by atoms with van der Waals surface area (Å²) >= 11 is 0. The molecule has 3 rings (SSSR count). The number of nitrogens with zero attached hydrogens (tertiary/aromatic N) is 2. The Morgan fingerprint density at radius 2 is 1.85 bits per heavy atom. The molecule has 0 unspecified atom stereocenters. The van der Waals surface area contributed by atoms with Gasteiger partial charge in [0.2, 0.25) is 0 Å². The van der Waals surface area contributed by atoms with Crippen molar-refractivity contribution in [2.24, 2.45) is 0 Å². The maximum absolute atomic E-state index is 12.5. The molecule has 0 atom stereocenters. The smallest absolute Gasteiger partial charge is 0.265 e. The number of aryl methyl sites for hydroxylation is 3. The van der Waals surface area contributed by atoms with Crippen LogP contribution in [0.2, 0.25) is 0 Å². The number of benzene rings is 1. The van der Waals surface area contributed by atoms with Crippen LogP contribution in [0.4, 0.5) is 11.5 Å². The van der Waals surface area contributed by atoms with Gasteiger partial charge in [-0.15, -0.1) is 0 Å². The van der Waals surface area contributed by atoms with Crippen LogP contribution in [0.3, 0.4) is 0 Å². The number of aromatic nitrogens is 3. The Morgan fingerprint density at radius 3 is 2.46 bits per heavy atom. The van der Waals surface area contributed by atoms with Gasteiger partial charge in [0, 0.05) is 6.54 Å². The third-order valence-corrected chi connectivity index (χ3v) is 5.71. The first kappa shape index (κ1) is 17.9. The largest absolute Gasteiger partial charge is 0.366 e. The van der Waals surface area contributed by atoms with Crippen LogP contribution >= 0.6 is 0 Å². The summed E-state index contributed by atoms with van der Waals surface area (Å²) in [7, 11) is -3.71. The highest BCUT2D eigenvalue weighted by Crippen LogP contribution is 2.21. The van der Waals surface area contributed by atoms with E-state index >= 15 is 0 Å². The van der Waals surface area contributed by atoms with Gasteiger partial charge in [0.15, 0.2) is 0 Å². The number of sulfonamides is 1. The lowest BCUT2D eigenvalue weighted by atomic mass is 10.1. The van der Waals surface area contributed by atoms with E-state index in [-0.39, 0.29) is 4.90 Å². The number of H-pyrrole nitrogens is 1. The second-order valence-electron chi connectivity index (χ2n) is 6.08. The predicted molar refractivity (Wildman–Crippen MR) is 102 cm³/mol. The van der Waals surface area contributed by atoms with Gasteiger partial charge < -0.3 is 5.32 Å². The molecule has 136 valence electrons. The molecule has 3 aromatic rings. The van der Waals surface area contributed by atoms with Crippen LogP contribution in [0.5, 0.6) is 0 Å². The van der Waals surface area contributed by atoms with Gasteiger partial charge in [-0.3, -0.25) is 9.82 Å². The number of anilines is 2. The number of hydrogen-bond donors (Lipinski definition) is 3. The molecule has 26 heavy (non-hydrogen) atoms. The van der Waals surface area contributed by atoms with Crippen molar-refractivity contribution < 1.29 is 8.42 Å². The summed E-state index contributed by atoms with van der Waals surface area (Å²) in [5, 5.41) is 9.84. The normalized spacial score (nSPS) is 11.3. The molecule has 0 aliphatic heterocycles. The molecule has 0 aliphatic rings. The molecule has 2 heterocycles. The lowest BCUT2D eigenvalue weighted by Gasteiger charge is -2.10. The van der Waals surface area contributed by atoms with Crippen LogP contribution in [0, 0.1) is 20.8 Å². The van der Waals surface area contributed by atoms with Gasteiger partial charge in [0.05, 0.1) is 23.3 Å². The van der Waals surface area contributed by atoms with Gasteiger partial charge in [-0.2, -0.15) is 5.10 Å². The zero-order valence-corrected chi connectivity index (χ0v) is 15.7. The minimum Gasteiger partial charge on any atom is -0.366 e. The van der Waals surface area contributed by atoms with Crippen molar-refractivity contribution in [1.82, 2.24) is 15.2 Å². The molecule has 0 fully saturated rings. The Labute approximate surface area is 152 Å². The SMILES string of the molecule is Cc1ccccc1CNc1ccc(NS(=O)(=O)c2c(C)n[nH]c2C)cn1. The second-order valence-corrected chi connectivity index (χ2v) is 7.70. The van der Waals surface area contributed by atoms with Gasteiger partial charge in [0.25, 0.3) is 10.0 Å². The van der Waals surface area contributed by atoms with Crippen LogP contribution < -0.4 is 10.0 Å². The van der Waals surface area contributed by atoms with Gasteiger partial charge in [-0.25, -0.2) is 13.4 Å². The van der Waals surface area contributed by atoms with Gasteiger partial charge in [-0.1, -0.05) is 24.3 Å². The molecular formula is C18H21N5O2S. The molecule has 0 saturated carbocycles. The molecule has 0 amide bonds. The summed E-state index contributed by atoms with van der Waals surface area (Å²) in [6.07, 6.45) is 1.49. The van der Waals surface area contributed by atoms with E-state index in [1.165, 1.54) is 17.3 Å². The Kier molecular flexibility index (Phi) is 4.94. The van der Waals surface area contributed by atoms with E-state index in [1.54, 1.807) is 26.0 Å². The van der Waals surface area contributed by atoms with Crippen molar-refractivity contribution in [3.05, 3.63) is 65.1 Å². The Balaban J connectivity index is 1.69. The maximum atomic E-state index is 12.5. The molecular weight excluding hydrogens is 350 g/mol. The molecule has 7 nitrogen and oxygen atoms in total. The van der Waals surface area contributed by atoms with Crippen LogP contribution in [0.15, 0.2) is 47.5 Å². The van der Waals surface area contributed by atoms with E-state index in [2.05, 4.69) is 44.3 Å². The van der Waals surface area contributed by atoms with Crippen LogP contribution in [-0.2, 0) is 16.6 Å².